The van der Waals surface area contributed by atoms with Gasteiger partial charge < -0.3 is 15.8 Å². The minimum absolute atomic E-state index is 0.0111. The van der Waals surface area contributed by atoms with Crippen LogP contribution in [-0.2, 0) is 11.3 Å². The van der Waals surface area contributed by atoms with Crippen LogP contribution in [0.2, 0.25) is 0 Å². The Bertz CT molecular complexity index is 352. The summed E-state index contributed by atoms with van der Waals surface area (Å²) >= 11 is 0. The number of ether oxygens (including phenoxy) is 1. The molecule has 0 fully saturated rings. The van der Waals surface area contributed by atoms with Gasteiger partial charge in [-0.05, 0) is 13.8 Å². The standard InChI is InChI=1S/C10H19N5O2/c1-3-17-8(2)6-12-10(16)9-7-15(5-4-11)14-13-9/h7-8H,3-6,11H2,1-2H3,(H,12,16). The molecule has 1 atom stereocenters. The van der Waals surface area contributed by atoms with Crippen LogP contribution < -0.4 is 11.1 Å². The van der Waals surface area contributed by atoms with Gasteiger partial charge in [0, 0.05) is 19.7 Å². The van der Waals surface area contributed by atoms with Crippen LogP contribution in [0.4, 0.5) is 0 Å². The topological polar surface area (TPSA) is 95.1 Å². The lowest BCUT2D eigenvalue weighted by Crippen LogP contribution is -2.32. The van der Waals surface area contributed by atoms with E-state index in [9.17, 15) is 4.79 Å². The van der Waals surface area contributed by atoms with E-state index in [0.717, 1.165) is 0 Å². The van der Waals surface area contributed by atoms with Crippen molar-refractivity contribution in [3.8, 4) is 0 Å². The summed E-state index contributed by atoms with van der Waals surface area (Å²) in [4.78, 5) is 11.7. The highest BCUT2D eigenvalue weighted by Gasteiger charge is 2.11. The average molecular weight is 241 g/mol. The second-order valence-electron chi connectivity index (χ2n) is 3.63. The molecule has 7 heteroatoms. The normalized spacial score (nSPS) is 12.4. The maximum Gasteiger partial charge on any atom is 0.273 e. The minimum Gasteiger partial charge on any atom is -0.377 e. The van der Waals surface area contributed by atoms with Gasteiger partial charge in [0.2, 0.25) is 0 Å². The molecule has 7 nitrogen and oxygen atoms in total. The minimum atomic E-state index is -0.250. The number of hydrogen-bond donors (Lipinski definition) is 2. The van der Waals surface area contributed by atoms with Crippen LogP contribution in [0.1, 0.15) is 24.3 Å². The van der Waals surface area contributed by atoms with E-state index in [-0.39, 0.29) is 12.0 Å². The van der Waals surface area contributed by atoms with Gasteiger partial charge in [-0.25, -0.2) is 0 Å². The van der Waals surface area contributed by atoms with Crippen LogP contribution in [0.25, 0.3) is 0 Å². The van der Waals surface area contributed by atoms with Gasteiger partial charge in [0.15, 0.2) is 5.69 Å². The van der Waals surface area contributed by atoms with Gasteiger partial charge >= 0.3 is 0 Å². The second-order valence-corrected chi connectivity index (χ2v) is 3.63. The Labute approximate surface area is 100 Å². The number of nitrogens with one attached hydrogen (secondary N) is 1. The molecule has 1 aromatic rings. The molecule has 0 radical (unpaired) electrons. The lowest BCUT2D eigenvalue weighted by Gasteiger charge is -2.11. The molecular weight excluding hydrogens is 222 g/mol. The maximum atomic E-state index is 11.7. The van der Waals surface area contributed by atoms with E-state index in [1.807, 2.05) is 13.8 Å². The number of carbonyl (C=O) groups excluding carboxylic acids is 1. The van der Waals surface area contributed by atoms with Crippen molar-refractivity contribution in [1.29, 1.82) is 0 Å². The van der Waals surface area contributed by atoms with Crippen molar-refractivity contribution in [2.75, 3.05) is 19.7 Å². The van der Waals surface area contributed by atoms with Crippen LogP contribution in [0, 0.1) is 0 Å². The van der Waals surface area contributed by atoms with Crippen LogP contribution in [-0.4, -0.2) is 46.7 Å². The molecule has 1 unspecified atom stereocenters. The highest BCUT2D eigenvalue weighted by molar-refractivity contribution is 5.91. The van der Waals surface area contributed by atoms with Crippen molar-refractivity contribution < 1.29 is 9.53 Å². The number of hydrogen-bond acceptors (Lipinski definition) is 5. The second kappa shape index (κ2) is 6.97. The average Bonchev–Trinajstić information content (AvgIpc) is 2.75. The molecule has 1 aromatic heterocycles. The molecule has 0 saturated heterocycles. The molecule has 0 spiro atoms. The lowest BCUT2D eigenvalue weighted by molar-refractivity contribution is 0.0693. The van der Waals surface area contributed by atoms with Gasteiger partial charge in [0.1, 0.15) is 0 Å². The van der Waals surface area contributed by atoms with Crippen molar-refractivity contribution >= 4 is 5.91 Å². The number of nitrogens with two attached hydrogens (primary N) is 1. The van der Waals surface area contributed by atoms with E-state index in [1.54, 1.807) is 10.9 Å². The first-order valence-electron chi connectivity index (χ1n) is 5.67. The van der Waals surface area contributed by atoms with Crippen LogP contribution in [0.5, 0.6) is 0 Å². The number of carbonyl (C=O) groups is 1. The van der Waals surface area contributed by atoms with Gasteiger partial charge in [-0.3, -0.25) is 9.48 Å². The summed E-state index contributed by atoms with van der Waals surface area (Å²) in [6.45, 7) is 5.91. The van der Waals surface area contributed by atoms with Gasteiger partial charge in [0.25, 0.3) is 5.91 Å². The third-order valence-electron chi connectivity index (χ3n) is 2.13. The number of rotatable bonds is 7. The van der Waals surface area contributed by atoms with Crippen molar-refractivity contribution in [3.63, 3.8) is 0 Å². The molecule has 1 rings (SSSR count). The van der Waals surface area contributed by atoms with Crippen molar-refractivity contribution in [1.82, 2.24) is 20.3 Å². The van der Waals surface area contributed by atoms with Crippen molar-refractivity contribution in [3.05, 3.63) is 11.9 Å². The van der Waals surface area contributed by atoms with Crippen LogP contribution in [0.15, 0.2) is 6.20 Å². The molecule has 0 aliphatic rings. The van der Waals surface area contributed by atoms with Crippen molar-refractivity contribution in [2.24, 2.45) is 5.73 Å². The van der Waals surface area contributed by atoms with Gasteiger partial charge in [-0.15, -0.1) is 5.10 Å². The molecule has 17 heavy (non-hydrogen) atoms. The Kier molecular flexibility index (Phi) is 5.58. The lowest BCUT2D eigenvalue weighted by atomic mass is 10.3. The summed E-state index contributed by atoms with van der Waals surface area (Å²) in [6.07, 6.45) is 1.57. The Balaban J connectivity index is 2.40. The highest BCUT2D eigenvalue weighted by Crippen LogP contribution is 1.94. The van der Waals surface area contributed by atoms with E-state index in [2.05, 4.69) is 15.6 Å². The van der Waals surface area contributed by atoms with E-state index in [0.29, 0.717) is 31.9 Å². The molecule has 0 saturated carbocycles. The maximum absolute atomic E-state index is 11.7. The van der Waals surface area contributed by atoms with Crippen LogP contribution in [0.3, 0.4) is 0 Å². The fourth-order valence-electron chi connectivity index (χ4n) is 1.31. The first-order chi connectivity index (χ1) is 8.17. The predicted octanol–water partition coefficient (Wildman–Crippen LogP) is -0.608. The molecule has 0 aromatic carbocycles. The summed E-state index contributed by atoms with van der Waals surface area (Å²) in [7, 11) is 0. The predicted molar refractivity (Wildman–Crippen MR) is 62.5 cm³/mol. The third-order valence-corrected chi connectivity index (χ3v) is 2.13. The molecule has 0 aliphatic carbocycles. The summed E-state index contributed by atoms with van der Waals surface area (Å²) in [6, 6.07) is 0. The smallest absolute Gasteiger partial charge is 0.273 e. The molecular formula is C10H19N5O2. The van der Waals surface area contributed by atoms with E-state index in [1.165, 1.54) is 0 Å². The summed E-state index contributed by atoms with van der Waals surface area (Å²) in [5.74, 6) is -0.250. The Morgan fingerprint density at radius 3 is 3.12 bits per heavy atom. The molecule has 0 bridgehead atoms. The third kappa shape index (κ3) is 4.49. The number of amides is 1. The van der Waals surface area contributed by atoms with Crippen LogP contribution >= 0.6 is 0 Å². The zero-order chi connectivity index (χ0) is 12.7. The largest absolute Gasteiger partial charge is 0.377 e. The number of nitrogens with zero attached hydrogens (tertiary/aromatic N) is 3. The molecule has 1 heterocycles. The van der Waals surface area contributed by atoms with E-state index in [4.69, 9.17) is 10.5 Å². The Morgan fingerprint density at radius 1 is 1.71 bits per heavy atom. The number of aromatic nitrogens is 3. The van der Waals surface area contributed by atoms with Gasteiger partial charge in [-0.2, -0.15) is 0 Å². The summed E-state index contributed by atoms with van der Waals surface area (Å²) in [5.41, 5.74) is 5.67. The Hall–Kier alpha value is -1.47. The summed E-state index contributed by atoms with van der Waals surface area (Å²) in [5, 5.41) is 10.3. The van der Waals surface area contributed by atoms with Gasteiger partial charge in [0.05, 0.1) is 18.8 Å². The zero-order valence-electron chi connectivity index (χ0n) is 10.2. The molecule has 3 N–H and O–H groups in total. The first-order valence-corrected chi connectivity index (χ1v) is 5.67. The highest BCUT2D eigenvalue weighted by atomic mass is 16.5. The van der Waals surface area contributed by atoms with E-state index < -0.39 is 0 Å². The monoisotopic (exact) mass is 241 g/mol. The molecule has 1 amide bonds. The van der Waals surface area contributed by atoms with Crippen molar-refractivity contribution in [2.45, 2.75) is 26.5 Å². The fraction of sp³-hybridized carbons (Fsp3) is 0.700. The SMILES string of the molecule is CCOC(C)CNC(=O)c1cn(CCN)nn1. The molecule has 0 aliphatic heterocycles. The van der Waals surface area contributed by atoms with Gasteiger partial charge in [-0.1, -0.05) is 5.21 Å². The quantitative estimate of drug-likeness (QED) is 0.664. The van der Waals surface area contributed by atoms with E-state index >= 15 is 0 Å². The molecule has 96 valence electrons. The fourth-order valence-corrected chi connectivity index (χ4v) is 1.31. The zero-order valence-corrected chi connectivity index (χ0v) is 10.2. The summed E-state index contributed by atoms with van der Waals surface area (Å²) < 4.78 is 6.84. The first kappa shape index (κ1) is 13.6. The Morgan fingerprint density at radius 2 is 2.47 bits per heavy atom.